The molecular formula is C60H36N2O3. The van der Waals surface area contributed by atoms with Gasteiger partial charge in [-0.15, -0.1) is 0 Å². The van der Waals surface area contributed by atoms with Gasteiger partial charge in [-0.05, 0) is 90.0 Å². The molecule has 65 heavy (non-hydrogen) atoms. The molecule has 4 aromatic heterocycles. The summed E-state index contributed by atoms with van der Waals surface area (Å²) in [5.74, 6) is 0. The number of aromatic nitrogens is 1. The Morgan fingerprint density at radius 2 is 0.862 bits per heavy atom. The van der Waals surface area contributed by atoms with E-state index in [0.717, 1.165) is 111 Å². The van der Waals surface area contributed by atoms with Gasteiger partial charge < -0.3 is 22.7 Å². The zero-order valence-electron chi connectivity index (χ0n) is 34.9. The van der Waals surface area contributed by atoms with E-state index in [9.17, 15) is 0 Å². The average Bonchev–Trinajstić information content (AvgIpc) is 4.14. The fourth-order valence-corrected chi connectivity index (χ4v) is 10.4. The van der Waals surface area contributed by atoms with Crippen molar-refractivity contribution in [2.24, 2.45) is 0 Å². The monoisotopic (exact) mass is 832 g/mol. The molecule has 0 aliphatic carbocycles. The van der Waals surface area contributed by atoms with Crippen LogP contribution < -0.4 is 4.90 Å². The van der Waals surface area contributed by atoms with Gasteiger partial charge in [0.15, 0.2) is 0 Å². The van der Waals surface area contributed by atoms with E-state index in [0.29, 0.717) is 0 Å². The van der Waals surface area contributed by atoms with Crippen LogP contribution in [0.4, 0.5) is 17.1 Å². The molecule has 0 aliphatic heterocycles. The van der Waals surface area contributed by atoms with E-state index in [1.807, 2.05) is 30.3 Å². The van der Waals surface area contributed by atoms with E-state index < -0.39 is 0 Å². The van der Waals surface area contributed by atoms with Gasteiger partial charge in [-0.2, -0.15) is 0 Å². The SMILES string of the molecule is c1cc(-c2ccc(N(c3ccc(-c4cccc5c4oc4ccccc45)cc3)c3cccc4oc5ccccc5c34)c3c2oc2ccccc23)cc(-n2c3ccccc3c3ccccc32)c1. The van der Waals surface area contributed by atoms with Crippen LogP contribution in [-0.4, -0.2) is 4.57 Å². The second-order valence-corrected chi connectivity index (χ2v) is 16.8. The maximum absolute atomic E-state index is 6.99. The Morgan fingerprint density at radius 1 is 0.323 bits per heavy atom. The third kappa shape index (κ3) is 5.33. The highest BCUT2D eigenvalue weighted by Crippen LogP contribution is 2.49. The summed E-state index contributed by atoms with van der Waals surface area (Å²) in [7, 11) is 0. The summed E-state index contributed by atoms with van der Waals surface area (Å²) in [4.78, 5) is 2.37. The van der Waals surface area contributed by atoms with E-state index >= 15 is 0 Å². The highest BCUT2D eigenvalue weighted by atomic mass is 16.3. The number of nitrogens with zero attached hydrogens (tertiary/aromatic N) is 2. The van der Waals surface area contributed by atoms with Gasteiger partial charge in [-0.25, -0.2) is 0 Å². The number of hydrogen-bond donors (Lipinski definition) is 0. The van der Waals surface area contributed by atoms with E-state index in [1.54, 1.807) is 0 Å². The second kappa shape index (κ2) is 13.9. The van der Waals surface area contributed by atoms with Crippen LogP contribution in [0.1, 0.15) is 0 Å². The standard InChI is InChI=1S/C60H36N2O3/c1-6-23-49-43(16-1)44-17-2-7-24-50(44)62(49)40-15-11-14-38(36-40)42-34-35-52(58-48-20-5-10-28-55(48)65-60(42)58)61(51-25-13-29-56-57(51)47-19-4-9-27-54(47)63-56)39-32-30-37(31-33-39)41-21-12-22-46-45-18-3-8-26-53(45)64-59(41)46/h1-36H. The number of fused-ring (bicyclic) bond motifs is 12. The van der Waals surface area contributed by atoms with E-state index in [4.69, 9.17) is 13.3 Å². The molecule has 10 aromatic carbocycles. The molecule has 0 saturated heterocycles. The number of para-hydroxylation sites is 6. The molecule has 0 aliphatic rings. The molecule has 0 saturated carbocycles. The molecule has 0 atom stereocenters. The summed E-state index contributed by atoms with van der Waals surface area (Å²) in [6, 6.07) is 77.1. The summed E-state index contributed by atoms with van der Waals surface area (Å²) < 4.78 is 22.4. The van der Waals surface area contributed by atoms with Crippen molar-refractivity contribution in [2.45, 2.75) is 0 Å². The largest absolute Gasteiger partial charge is 0.456 e. The fraction of sp³-hybridized carbons (Fsp3) is 0. The molecule has 14 rings (SSSR count). The molecule has 0 N–H and O–H groups in total. The number of anilines is 3. The van der Waals surface area contributed by atoms with Gasteiger partial charge in [0.2, 0.25) is 0 Å². The number of furan rings is 3. The lowest BCUT2D eigenvalue weighted by Gasteiger charge is -2.27. The van der Waals surface area contributed by atoms with Crippen LogP contribution in [0.5, 0.6) is 0 Å². The Morgan fingerprint density at radius 3 is 1.62 bits per heavy atom. The highest BCUT2D eigenvalue weighted by Gasteiger charge is 2.25. The highest BCUT2D eigenvalue weighted by molar-refractivity contribution is 6.20. The summed E-state index contributed by atoms with van der Waals surface area (Å²) in [6.07, 6.45) is 0. The van der Waals surface area contributed by atoms with Gasteiger partial charge >= 0.3 is 0 Å². The zero-order valence-corrected chi connectivity index (χ0v) is 34.9. The van der Waals surface area contributed by atoms with Crippen LogP contribution >= 0.6 is 0 Å². The van der Waals surface area contributed by atoms with Crippen molar-refractivity contribution in [3.8, 4) is 27.9 Å². The molecular weight excluding hydrogens is 797 g/mol. The fourth-order valence-electron chi connectivity index (χ4n) is 10.4. The first-order chi connectivity index (χ1) is 32.2. The molecule has 5 heteroatoms. The van der Waals surface area contributed by atoms with Crippen LogP contribution in [0.15, 0.2) is 232 Å². The lowest BCUT2D eigenvalue weighted by molar-refractivity contribution is 0.669. The Labute approximate surface area is 372 Å². The van der Waals surface area contributed by atoms with Crippen LogP contribution in [-0.2, 0) is 0 Å². The smallest absolute Gasteiger partial charge is 0.145 e. The third-order valence-electron chi connectivity index (χ3n) is 13.2. The summed E-state index contributed by atoms with van der Waals surface area (Å²) in [5.41, 5.74) is 15.7. The molecule has 0 amide bonds. The summed E-state index contributed by atoms with van der Waals surface area (Å²) in [6.45, 7) is 0. The lowest BCUT2D eigenvalue weighted by Crippen LogP contribution is -2.11. The topological polar surface area (TPSA) is 47.6 Å². The van der Waals surface area contributed by atoms with Gasteiger partial charge in [0.05, 0.1) is 33.2 Å². The van der Waals surface area contributed by atoms with Crippen LogP contribution in [0.25, 0.3) is 116 Å². The van der Waals surface area contributed by atoms with Crippen molar-refractivity contribution in [1.82, 2.24) is 4.57 Å². The molecule has 0 unspecified atom stereocenters. The summed E-state index contributed by atoms with van der Waals surface area (Å²) >= 11 is 0. The maximum atomic E-state index is 6.99. The minimum absolute atomic E-state index is 0.825. The minimum Gasteiger partial charge on any atom is -0.456 e. The molecule has 14 aromatic rings. The van der Waals surface area contributed by atoms with E-state index in [1.165, 1.54) is 21.8 Å². The summed E-state index contributed by atoms with van der Waals surface area (Å²) in [5, 5.41) is 8.87. The molecule has 0 spiro atoms. The third-order valence-corrected chi connectivity index (χ3v) is 13.2. The van der Waals surface area contributed by atoms with Crippen molar-refractivity contribution in [2.75, 3.05) is 4.90 Å². The van der Waals surface area contributed by atoms with E-state index in [2.05, 4.69) is 198 Å². The molecule has 0 fully saturated rings. The number of rotatable bonds is 6. The van der Waals surface area contributed by atoms with Crippen molar-refractivity contribution in [1.29, 1.82) is 0 Å². The Hall–Kier alpha value is -8.80. The zero-order chi connectivity index (χ0) is 42.6. The molecule has 5 nitrogen and oxygen atoms in total. The van der Waals surface area contributed by atoms with Crippen LogP contribution in [0.3, 0.4) is 0 Å². The molecule has 304 valence electrons. The first-order valence-electron chi connectivity index (χ1n) is 22.0. The van der Waals surface area contributed by atoms with Gasteiger partial charge in [0, 0.05) is 54.8 Å². The average molecular weight is 833 g/mol. The minimum atomic E-state index is 0.825. The molecule has 4 heterocycles. The van der Waals surface area contributed by atoms with Gasteiger partial charge in [0.25, 0.3) is 0 Å². The number of benzene rings is 10. The predicted octanol–water partition coefficient (Wildman–Crippen LogP) is 17.3. The van der Waals surface area contributed by atoms with Gasteiger partial charge in [-0.1, -0.05) is 140 Å². The molecule has 0 radical (unpaired) electrons. The van der Waals surface area contributed by atoms with Gasteiger partial charge in [0.1, 0.15) is 33.5 Å². The number of hydrogen-bond acceptors (Lipinski definition) is 4. The van der Waals surface area contributed by atoms with Crippen molar-refractivity contribution < 1.29 is 13.3 Å². The van der Waals surface area contributed by atoms with Crippen molar-refractivity contribution in [3.63, 3.8) is 0 Å². The maximum Gasteiger partial charge on any atom is 0.145 e. The van der Waals surface area contributed by atoms with Gasteiger partial charge in [-0.3, -0.25) is 0 Å². The van der Waals surface area contributed by atoms with Crippen molar-refractivity contribution in [3.05, 3.63) is 218 Å². The van der Waals surface area contributed by atoms with E-state index in [-0.39, 0.29) is 0 Å². The molecule has 0 bridgehead atoms. The second-order valence-electron chi connectivity index (χ2n) is 16.8. The predicted molar refractivity (Wildman–Crippen MR) is 268 cm³/mol. The quantitative estimate of drug-likeness (QED) is 0.167. The first kappa shape index (κ1) is 35.8. The normalized spacial score (nSPS) is 12.0. The lowest BCUT2D eigenvalue weighted by atomic mass is 9.98. The Bertz CT molecular complexity index is 4150. The Kier molecular flexibility index (Phi) is 7.62. The van der Waals surface area contributed by atoms with Crippen LogP contribution in [0.2, 0.25) is 0 Å². The van der Waals surface area contributed by atoms with Crippen LogP contribution in [0, 0.1) is 0 Å². The first-order valence-corrected chi connectivity index (χ1v) is 22.0. The van der Waals surface area contributed by atoms with Crippen molar-refractivity contribution >= 4 is 105 Å². The Balaban J connectivity index is 0.995.